The van der Waals surface area contributed by atoms with Crippen molar-refractivity contribution in [3.63, 3.8) is 0 Å². The predicted molar refractivity (Wildman–Crippen MR) is 119 cm³/mol. The summed E-state index contributed by atoms with van der Waals surface area (Å²) in [5.41, 5.74) is 2.68. The first-order valence-electron chi connectivity index (χ1n) is 10.4. The third-order valence-corrected chi connectivity index (χ3v) is 5.53. The Bertz CT molecular complexity index is 1070. The lowest BCUT2D eigenvalue weighted by Crippen LogP contribution is -2.36. The molecule has 1 fully saturated rings. The zero-order valence-corrected chi connectivity index (χ0v) is 17.3. The standard InChI is InChI=1S/C24H26FN3O3/c1-15(29)27-22-6-5-16(13-21(22)25)19-3-2-4-20(24(19)31)17-7-10-26-23(14-17)28-11-8-18(30)9-12-28/h2-7,10,13-15,18,27,29-31H,8-9,11-12H2,1H3. The zero-order chi connectivity index (χ0) is 22.0. The van der Waals surface area contributed by atoms with Crippen molar-refractivity contribution in [2.45, 2.75) is 32.1 Å². The summed E-state index contributed by atoms with van der Waals surface area (Å²) in [6.45, 7) is 2.98. The van der Waals surface area contributed by atoms with Crippen LogP contribution in [0.3, 0.4) is 0 Å². The number of aromatic nitrogens is 1. The third kappa shape index (κ3) is 4.62. The van der Waals surface area contributed by atoms with Gasteiger partial charge in [-0.1, -0.05) is 24.3 Å². The second kappa shape index (κ2) is 8.91. The Morgan fingerprint density at radius 2 is 1.74 bits per heavy atom. The van der Waals surface area contributed by atoms with Gasteiger partial charge in [0, 0.05) is 30.4 Å². The van der Waals surface area contributed by atoms with E-state index in [1.165, 1.54) is 13.0 Å². The average molecular weight is 423 g/mol. The molecule has 3 aromatic rings. The highest BCUT2D eigenvalue weighted by molar-refractivity contribution is 5.83. The highest BCUT2D eigenvalue weighted by Crippen LogP contribution is 2.39. The van der Waals surface area contributed by atoms with Crippen LogP contribution in [0.2, 0.25) is 0 Å². The molecule has 2 heterocycles. The monoisotopic (exact) mass is 423 g/mol. The number of aliphatic hydroxyl groups excluding tert-OH is 2. The molecular weight excluding hydrogens is 397 g/mol. The molecule has 162 valence electrons. The van der Waals surface area contributed by atoms with Gasteiger partial charge in [0.15, 0.2) is 0 Å². The van der Waals surface area contributed by atoms with Crippen LogP contribution in [0, 0.1) is 5.82 Å². The lowest BCUT2D eigenvalue weighted by molar-refractivity contribution is 0.145. The number of pyridine rings is 1. The first kappa shape index (κ1) is 21.1. The molecule has 0 aliphatic carbocycles. The number of phenols is 1. The maximum absolute atomic E-state index is 14.5. The zero-order valence-electron chi connectivity index (χ0n) is 17.3. The number of benzene rings is 2. The lowest BCUT2D eigenvalue weighted by atomic mass is 9.97. The van der Waals surface area contributed by atoms with Crippen molar-refractivity contribution >= 4 is 11.5 Å². The minimum Gasteiger partial charge on any atom is -0.507 e. The first-order chi connectivity index (χ1) is 14.9. The van der Waals surface area contributed by atoms with Crippen LogP contribution in [0.5, 0.6) is 5.75 Å². The van der Waals surface area contributed by atoms with Gasteiger partial charge in [-0.2, -0.15) is 0 Å². The molecule has 1 aliphatic heterocycles. The summed E-state index contributed by atoms with van der Waals surface area (Å²) < 4.78 is 14.5. The van der Waals surface area contributed by atoms with Crippen LogP contribution in [0.1, 0.15) is 19.8 Å². The number of piperidine rings is 1. The molecule has 2 aromatic carbocycles. The van der Waals surface area contributed by atoms with E-state index < -0.39 is 12.0 Å². The van der Waals surface area contributed by atoms with Gasteiger partial charge in [0.05, 0.1) is 11.8 Å². The van der Waals surface area contributed by atoms with Crippen molar-refractivity contribution < 1.29 is 19.7 Å². The van der Waals surface area contributed by atoms with E-state index in [4.69, 9.17) is 0 Å². The van der Waals surface area contributed by atoms with Gasteiger partial charge in [0.1, 0.15) is 23.6 Å². The number of para-hydroxylation sites is 1. The second-order valence-corrected chi connectivity index (χ2v) is 7.84. The van der Waals surface area contributed by atoms with Gasteiger partial charge in [0.2, 0.25) is 0 Å². The molecule has 1 atom stereocenters. The number of hydrogen-bond acceptors (Lipinski definition) is 6. The molecule has 6 nitrogen and oxygen atoms in total. The van der Waals surface area contributed by atoms with E-state index in [9.17, 15) is 19.7 Å². The fourth-order valence-corrected chi connectivity index (χ4v) is 3.89. The Labute approximate surface area is 180 Å². The molecule has 0 saturated carbocycles. The van der Waals surface area contributed by atoms with E-state index in [0.717, 1.165) is 24.5 Å². The number of nitrogens with zero attached hydrogens (tertiary/aromatic N) is 2. The van der Waals surface area contributed by atoms with Gasteiger partial charge >= 0.3 is 0 Å². The molecule has 1 unspecified atom stereocenters. The molecule has 1 aliphatic rings. The topological polar surface area (TPSA) is 88.9 Å². The van der Waals surface area contributed by atoms with E-state index in [1.54, 1.807) is 24.4 Å². The summed E-state index contributed by atoms with van der Waals surface area (Å²) in [7, 11) is 0. The second-order valence-electron chi connectivity index (χ2n) is 7.84. The van der Waals surface area contributed by atoms with E-state index in [-0.39, 0.29) is 17.5 Å². The summed E-state index contributed by atoms with van der Waals surface area (Å²) in [5, 5.41) is 32.8. The Hall–Kier alpha value is -3.16. The van der Waals surface area contributed by atoms with Crippen molar-refractivity contribution in [1.82, 2.24) is 4.98 Å². The Kier molecular flexibility index (Phi) is 6.06. The number of aliphatic hydroxyl groups is 2. The molecule has 0 spiro atoms. The van der Waals surface area contributed by atoms with Crippen LogP contribution in [0.4, 0.5) is 15.9 Å². The molecule has 7 heteroatoms. The van der Waals surface area contributed by atoms with Crippen LogP contribution < -0.4 is 10.2 Å². The highest BCUT2D eigenvalue weighted by Gasteiger charge is 2.19. The van der Waals surface area contributed by atoms with Gasteiger partial charge in [-0.25, -0.2) is 9.37 Å². The van der Waals surface area contributed by atoms with Crippen molar-refractivity contribution in [3.8, 4) is 28.0 Å². The first-order valence-corrected chi connectivity index (χ1v) is 10.4. The molecule has 1 saturated heterocycles. The maximum Gasteiger partial charge on any atom is 0.146 e. The Morgan fingerprint density at radius 3 is 2.39 bits per heavy atom. The number of phenolic OH excluding ortho intramolecular Hbond substituents is 1. The fourth-order valence-electron chi connectivity index (χ4n) is 3.89. The quantitative estimate of drug-likeness (QED) is 0.465. The number of halogens is 1. The van der Waals surface area contributed by atoms with Gasteiger partial charge in [0.25, 0.3) is 0 Å². The highest BCUT2D eigenvalue weighted by atomic mass is 19.1. The minimum absolute atomic E-state index is 0.0596. The molecule has 4 N–H and O–H groups in total. The molecule has 0 amide bonds. The summed E-state index contributed by atoms with van der Waals surface area (Å²) in [4.78, 5) is 6.58. The maximum atomic E-state index is 14.5. The van der Waals surface area contributed by atoms with Crippen LogP contribution in [-0.4, -0.2) is 45.7 Å². The SMILES string of the molecule is CC(O)Nc1ccc(-c2cccc(-c3ccnc(N4CCC(O)CC4)c3)c2O)cc1F. The van der Waals surface area contributed by atoms with Crippen molar-refractivity contribution in [3.05, 3.63) is 60.5 Å². The van der Waals surface area contributed by atoms with Crippen LogP contribution in [0.25, 0.3) is 22.3 Å². The number of hydrogen-bond donors (Lipinski definition) is 4. The summed E-state index contributed by atoms with van der Waals surface area (Å²) in [6.07, 6.45) is 1.98. The molecule has 0 bridgehead atoms. The van der Waals surface area contributed by atoms with E-state index in [0.29, 0.717) is 29.5 Å². The van der Waals surface area contributed by atoms with Crippen molar-refractivity contribution in [2.24, 2.45) is 0 Å². The lowest BCUT2D eigenvalue weighted by Gasteiger charge is -2.30. The van der Waals surface area contributed by atoms with Crippen LogP contribution >= 0.6 is 0 Å². The van der Waals surface area contributed by atoms with Gasteiger partial charge in [-0.15, -0.1) is 0 Å². The largest absolute Gasteiger partial charge is 0.507 e. The Morgan fingerprint density at radius 1 is 1.06 bits per heavy atom. The minimum atomic E-state index is -0.874. The number of anilines is 2. The van der Waals surface area contributed by atoms with E-state index in [2.05, 4.69) is 15.2 Å². The van der Waals surface area contributed by atoms with E-state index in [1.807, 2.05) is 24.3 Å². The van der Waals surface area contributed by atoms with Crippen LogP contribution in [-0.2, 0) is 0 Å². The molecule has 31 heavy (non-hydrogen) atoms. The molecule has 4 rings (SSSR count). The smallest absolute Gasteiger partial charge is 0.146 e. The number of aromatic hydroxyl groups is 1. The average Bonchev–Trinajstić information content (AvgIpc) is 2.76. The van der Waals surface area contributed by atoms with Crippen LogP contribution in [0.15, 0.2) is 54.7 Å². The molecular formula is C24H26FN3O3. The third-order valence-electron chi connectivity index (χ3n) is 5.53. The number of nitrogens with one attached hydrogen (secondary N) is 1. The predicted octanol–water partition coefficient (Wildman–Crippen LogP) is 3.97. The van der Waals surface area contributed by atoms with E-state index >= 15 is 0 Å². The normalized spacial score (nSPS) is 15.7. The summed E-state index contributed by atoms with van der Waals surface area (Å²) in [5.74, 6) is 0.347. The molecule has 0 radical (unpaired) electrons. The summed E-state index contributed by atoms with van der Waals surface area (Å²) in [6, 6.07) is 13.7. The summed E-state index contributed by atoms with van der Waals surface area (Å²) >= 11 is 0. The fraction of sp³-hybridized carbons (Fsp3) is 0.292. The van der Waals surface area contributed by atoms with Crippen molar-refractivity contribution in [1.29, 1.82) is 0 Å². The van der Waals surface area contributed by atoms with Gasteiger partial charge in [-0.3, -0.25) is 0 Å². The van der Waals surface area contributed by atoms with Crippen molar-refractivity contribution in [2.75, 3.05) is 23.3 Å². The Balaban J connectivity index is 1.66. The van der Waals surface area contributed by atoms with Gasteiger partial charge < -0.3 is 25.5 Å². The number of rotatable bonds is 5. The molecule has 1 aromatic heterocycles. The van der Waals surface area contributed by atoms with Gasteiger partial charge in [-0.05, 0) is 55.2 Å².